The van der Waals surface area contributed by atoms with Gasteiger partial charge in [-0.05, 0) is 0 Å². The topological polar surface area (TPSA) is 9.23 Å². The van der Waals surface area contributed by atoms with Gasteiger partial charge in [0.15, 0.2) is 0 Å². The number of rotatable bonds is 6. The summed E-state index contributed by atoms with van der Waals surface area (Å²) in [5.74, 6) is 2.25. The molecule has 0 saturated carbocycles. The minimum atomic E-state index is 0.637. The molecule has 0 bridgehead atoms. The van der Waals surface area contributed by atoms with E-state index in [1.807, 2.05) is 11.8 Å². The van der Waals surface area contributed by atoms with Crippen molar-refractivity contribution < 1.29 is 4.74 Å². The number of hydrogen-bond acceptors (Lipinski definition) is 3. The summed E-state index contributed by atoms with van der Waals surface area (Å²) in [6.07, 6.45) is 1.13. The van der Waals surface area contributed by atoms with E-state index in [4.69, 9.17) is 4.74 Å². The molecule has 0 aromatic carbocycles. The molecule has 0 amide bonds. The molecule has 1 fully saturated rings. The monoisotopic (exact) mass is 258 g/mol. The third-order valence-electron chi connectivity index (χ3n) is 1.51. The molecule has 1 aliphatic rings. The van der Waals surface area contributed by atoms with Crippen LogP contribution in [0.1, 0.15) is 6.42 Å². The van der Waals surface area contributed by atoms with E-state index in [9.17, 15) is 0 Å². The van der Waals surface area contributed by atoms with E-state index in [1.165, 1.54) is 5.75 Å². The fourth-order valence-corrected chi connectivity index (χ4v) is 1.52. The van der Waals surface area contributed by atoms with E-state index in [0.717, 1.165) is 30.6 Å². The first-order chi connectivity index (χ1) is 5.33. The van der Waals surface area contributed by atoms with Crippen molar-refractivity contribution in [2.45, 2.75) is 16.5 Å². The Balaban J connectivity index is 1.79. The molecule has 2 unspecified atom stereocenters. The first-order valence-electron chi connectivity index (χ1n) is 3.81. The molecule has 0 aliphatic carbocycles. The van der Waals surface area contributed by atoms with Crippen LogP contribution in [0.25, 0.3) is 0 Å². The second-order valence-corrected chi connectivity index (χ2v) is 5.89. The maximum absolute atomic E-state index is 5.47. The van der Waals surface area contributed by atoms with E-state index >= 15 is 0 Å². The van der Waals surface area contributed by atoms with Gasteiger partial charge < -0.3 is 0 Å². The summed E-state index contributed by atoms with van der Waals surface area (Å²) >= 11 is 8.82. The van der Waals surface area contributed by atoms with Crippen molar-refractivity contribution in [2.24, 2.45) is 0 Å². The van der Waals surface area contributed by atoms with Crippen molar-refractivity contribution in [1.82, 2.24) is 0 Å². The molecule has 1 saturated heterocycles. The molecular weight excluding hydrogens is 243 g/mol. The van der Waals surface area contributed by atoms with Crippen molar-refractivity contribution in [3.8, 4) is 0 Å². The van der Waals surface area contributed by atoms with Gasteiger partial charge in [0.25, 0.3) is 0 Å². The zero-order valence-electron chi connectivity index (χ0n) is 6.40. The third kappa shape index (κ3) is 5.42. The first kappa shape index (κ1) is 10.3. The van der Waals surface area contributed by atoms with Crippen LogP contribution in [0, 0.1) is 0 Å². The number of ether oxygens (including phenoxy) is 1. The molecule has 0 spiro atoms. The average molecular weight is 257 g/mol. The van der Waals surface area contributed by atoms with Crippen LogP contribution in [-0.4, -0.2) is 46.0 Å². The van der Waals surface area contributed by atoms with Crippen LogP contribution in [0.2, 0.25) is 4.82 Å². The summed E-state index contributed by atoms with van der Waals surface area (Å²) in [4.78, 5) is 0.637. The van der Waals surface area contributed by atoms with E-state index in [2.05, 4.69) is 28.6 Å². The van der Waals surface area contributed by atoms with Crippen molar-refractivity contribution >= 4 is 40.4 Å². The van der Waals surface area contributed by atoms with Gasteiger partial charge in [0.2, 0.25) is 0 Å². The van der Waals surface area contributed by atoms with Gasteiger partial charge in [-0.3, -0.25) is 0 Å². The summed E-state index contributed by atoms with van der Waals surface area (Å²) in [6.45, 7) is 1.86. The Morgan fingerprint density at radius 2 is 2.45 bits per heavy atom. The van der Waals surface area contributed by atoms with Gasteiger partial charge in [-0.2, -0.15) is 0 Å². The molecule has 1 nitrogen and oxygen atoms in total. The Morgan fingerprint density at radius 3 is 3.00 bits per heavy atom. The molecule has 1 heterocycles. The van der Waals surface area contributed by atoms with Crippen LogP contribution >= 0.6 is 24.4 Å². The maximum atomic E-state index is 5.47. The van der Waals surface area contributed by atoms with Gasteiger partial charge in [0, 0.05) is 0 Å². The van der Waals surface area contributed by atoms with Crippen molar-refractivity contribution in [2.75, 3.05) is 24.7 Å². The molecule has 4 heteroatoms. The van der Waals surface area contributed by atoms with Crippen LogP contribution in [0.3, 0.4) is 0 Å². The van der Waals surface area contributed by atoms with Crippen molar-refractivity contribution in [3.63, 3.8) is 0 Å². The van der Waals surface area contributed by atoms with E-state index in [0.29, 0.717) is 4.82 Å². The van der Waals surface area contributed by atoms with E-state index in [1.54, 1.807) is 0 Å². The minimum absolute atomic E-state index is 0.637. The Hall–Kier alpha value is 1.18. The SMILES string of the molecule is SCC([SeH])CCOCC1CS1. The molecule has 2 atom stereocenters. The van der Waals surface area contributed by atoms with E-state index < -0.39 is 0 Å². The van der Waals surface area contributed by atoms with Crippen molar-refractivity contribution in [1.29, 1.82) is 0 Å². The van der Waals surface area contributed by atoms with Gasteiger partial charge in [-0.1, -0.05) is 0 Å². The van der Waals surface area contributed by atoms with Crippen LogP contribution in [0.4, 0.5) is 0 Å². The van der Waals surface area contributed by atoms with Crippen LogP contribution in [0.15, 0.2) is 0 Å². The fraction of sp³-hybridized carbons (Fsp3) is 1.00. The Bertz CT molecular complexity index is 109. The molecule has 0 radical (unpaired) electrons. The molecule has 0 aromatic rings. The van der Waals surface area contributed by atoms with Gasteiger partial charge in [0.05, 0.1) is 0 Å². The summed E-state index contributed by atoms with van der Waals surface area (Å²) in [7, 11) is 0. The zero-order valence-corrected chi connectivity index (χ0v) is 9.99. The predicted molar refractivity (Wildman–Crippen MR) is 56.4 cm³/mol. The normalized spacial score (nSPS) is 25.1. The predicted octanol–water partition coefficient (Wildman–Crippen LogP) is 1.13. The zero-order chi connectivity index (χ0) is 8.10. The van der Waals surface area contributed by atoms with Crippen LogP contribution < -0.4 is 0 Å². The molecule has 0 aromatic heterocycles. The second-order valence-electron chi connectivity index (χ2n) is 2.66. The molecule has 1 aliphatic heterocycles. The van der Waals surface area contributed by atoms with Gasteiger partial charge in [0.1, 0.15) is 0 Å². The second kappa shape index (κ2) is 5.76. The quantitative estimate of drug-likeness (QED) is 0.330. The number of thioether (sulfide) groups is 1. The first-order valence-corrected chi connectivity index (χ1v) is 6.57. The van der Waals surface area contributed by atoms with Gasteiger partial charge in [-0.15, -0.1) is 0 Å². The molecule has 11 heavy (non-hydrogen) atoms. The van der Waals surface area contributed by atoms with E-state index in [-0.39, 0.29) is 0 Å². The van der Waals surface area contributed by atoms with Gasteiger partial charge in [-0.25, -0.2) is 0 Å². The van der Waals surface area contributed by atoms with Crippen LogP contribution in [0.5, 0.6) is 0 Å². The Labute approximate surface area is 86.2 Å². The summed E-state index contributed by atoms with van der Waals surface area (Å²) < 4.78 is 5.47. The summed E-state index contributed by atoms with van der Waals surface area (Å²) in [5, 5.41) is 0.816. The molecular formula is C7H14OS2Se. The van der Waals surface area contributed by atoms with Gasteiger partial charge >= 0.3 is 86.3 Å². The average Bonchev–Trinajstić information content (AvgIpc) is 2.81. The standard InChI is InChI=1S/C7H14OS2Se/c9-4-7(11)1-2-8-3-6-5-10-6/h6-7,9,11H,1-5H2. The summed E-state index contributed by atoms with van der Waals surface area (Å²) in [6, 6.07) is 0. The number of hydrogen-bond donors (Lipinski definition) is 1. The fourth-order valence-electron chi connectivity index (χ4n) is 0.690. The Morgan fingerprint density at radius 1 is 1.73 bits per heavy atom. The number of thiol groups is 1. The third-order valence-corrected chi connectivity index (χ3v) is 4.44. The molecule has 66 valence electrons. The Kier molecular flexibility index (Phi) is 5.37. The van der Waals surface area contributed by atoms with Crippen molar-refractivity contribution in [3.05, 3.63) is 0 Å². The van der Waals surface area contributed by atoms with Crippen LogP contribution in [-0.2, 0) is 4.74 Å². The molecule has 1 rings (SSSR count). The summed E-state index contributed by atoms with van der Waals surface area (Å²) in [5.41, 5.74) is 0. The molecule has 0 N–H and O–H groups in total.